The molecule has 0 N–H and O–H groups in total. The van der Waals surface area contributed by atoms with Gasteiger partial charge in [-0.15, -0.1) is 0 Å². The Kier molecular flexibility index (Phi) is 4.38. The van der Waals surface area contributed by atoms with Crippen LogP contribution in [0.15, 0.2) is 35.5 Å². The van der Waals surface area contributed by atoms with Crippen molar-refractivity contribution in [1.82, 2.24) is 9.78 Å². The Bertz CT molecular complexity index is 580. The SMILES string of the molecule is CC(C)c1cccc(C(C)C)c1N=Cc1ccn(C)n1. The molecule has 1 heterocycles. The lowest BCUT2D eigenvalue weighted by molar-refractivity contribution is 0.765. The molecule has 0 amide bonds. The van der Waals surface area contributed by atoms with Crippen LogP contribution in [0.3, 0.4) is 0 Å². The van der Waals surface area contributed by atoms with Gasteiger partial charge in [-0.05, 0) is 29.0 Å². The van der Waals surface area contributed by atoms with Crippen molar-refractivity contribution in [2.24, 2.45) is 12.0 Å². The van der Waals surface area contributed by atoms with E-state index in [4.69, 9.17) is 4.99 Å². The maximum Gasteiger partial charge on any atom is 0.103 e. The minimum Gasteiger partial charge on any atom is -0.275 e. The van der Waals surface area contributed by atoms with Crippen LogP contribution >= 0.6 is 0 Å². The second kappa shape index (κ2) is 6.04. The summed E-state index contributed by atoms with van der Waals surface area (Å²) in [6.07, 6.45) is 3.78. The lowest BCUT2D eigenvalue weighted by Crippen LogP contribution is -1.96. The number of hydrogen-bond donors (Lipinski definition) is 0. The number of aromatic nitrogens is 2. The van der Waals surface area contributed by atoms with Crippen molar-refractivity contribution in [2.45, 2.75) is 39.5 Å². The van der Waals surface area contributed by atoms with Gasteiger partial charge in [0.05, 0.1) is 11.9 Å². The molecule has 0 fully saturated rings. The zero-order chi connectivity index (χ0) is 14.7. The number of para-hydroxylation sites is 1. The summed E-state index contributed by atoms with van der Waals surface area (Å²) in [6, 6.07) is 8.43. The molecule has 0 saturated heterocycles. The summed E-state index contributed by atoms with van der Waals surface area (Å²) in [5.74, 6) is 0.925. The molecular formula is C17H23N3. The molecule has 0 aliphatic rings. The summed E-state index contributed by atoms with van der Waals surface area (Å²) in [5, 5.41) is 4.34. The fourth-order valence-corrected chi connectivity index (χ4v) is 2.29. The normalized spacial score (nSPS) is 11.9. The Morgan fingerprint density at radius 2 is 1.65 bits per heavy atom. The van der Waals surface area contributed by atoms with Crippen LogP contribution in [0.2, 0.25) is 0 Å². The lowest BCUT2D eigenvalue weighted by Gasteiger charge is -2.16. The van der Waals surface area contributed by atoms with Gasteiger partial charge < -0.3 is 0 Å². The van der Waals surface area contributed by atoms with Crippen LogP contribution < -0.4 is 0 Å². The van der Waals surface area contributed by atoms with E-state index >= 15 is 0 Å². The third kappa shape index (κ3) is 3.16. The Hall–Kier alpha value is -1.90. The molecule has 2 aromatic rings. The van der Waals surface area contributed by atoms with Crippen LogP contribution in [-0.2, 0) is 7.05 Å². The first-order chi connectivity index (χ1) is 9.49. The zero-order valence-electron chi connectivity index (χ0n) is 13.0. The van der Waals surface area contributed by atoms with E-state index in [-0.39, 0.29) is 0 Å². The average Bonchev–Trinajstić information content (AvgIpc) is 2.81. The first kappa shape index (κ1) is 14.5. The molecule has 20 heavy (non-hydrogen) atoms. The van der Waals surface area contributed by atoms with E-state index in [0.717, 1.165) is 11.4 Å². The molecule has 1 aromatic carbocycles. The van der Waals surface area contributed by atoms with E-state index < -0.39 is 0 Å². The molecule has 0 aliphatic carbocycles. The first-order valence-electron chi connectivity index (χ1n) is 7.15. The summed E-state index contributed by atoms with van der Waals surface area (Å²) in [4.78, 5) is 4.73. The lowest BCUT2D eigenvalue weighted by atomic mass is 9.93. The molecule has 0 spiro atoms. The molecule has 1 aromatic heterocycles. The van der Waals surface area contributed by atoms with Gasteiger partial charge in [-0.3, -0.25) is 9.67 Å². The Morgan fingerprint density at radius 3 is 2.10 bits per heavy atom. The highest BCUT2D eigenvalue weighted by atomic mass is 15.2. The maximum atomic E-state index is 4.73. The van der Waals surface area contributed by atoms with E-state index in [2.05, 4.69) is 51.0 Å². The second-order valence-electron chi connectivity index (χ2n) is 5.77. The van der Waals surface area contributed by atoms with E-state index in [9.17, 15) is 0 Å². The van der Waals surface area contributed by atoms with Crippen molar-refractivity contribution < 1.29 is 0 Å². The Labute approximate surface area is 121 Å². The van der Waals surface area contributed by atoms with Crippen LogP contribution in [0.1, 0.15) is 56.4 Å². The second-order valence-corrected chi connectivity index (χ2v) is 5.77. The fourth-order valence-electron chi connectivity index (χ4n) is 2.29. The fraction of sp³-hybridized carbons (Fsp3) is 0.412. The Morgan fingerprint density at radius 1 is 1.05 bits per heavy atom. The summed E-state index contributed by atoms with van der Waals surface area (Å²) in [6.45, 7) is 8.83. The predicted octanol–water partition coefficient (Wildman–Crippen LogP) is 4.42. The third-order valence-corrected chi connectivity index (χ3v) is 3.40. The number of rotatable bonds is 4. The molecule has 0 aliphatic heterocycles. The van der Waals surface area contributed by atoms with Crippen molar-refractivity contribution in [3.63, 3.8) is 0 Å². The highest BCUT2D eigenvalue weighted by molar-refractivity contribution is 5.80. The molecule has 0 saturated carbocycles. The topological polar surface area (TPSA) is 30.2 Å². The smallest absolute Gasteiger partial charge is 0.103 e. The van der Waals surface area contributed by atoms with Crippen molar-refractivity contribution in [1.29, 1.82) is 0 Å². The van der Waals surface area contributed by atoms with Crippen LogP contribution in [0.25, 0.3) is 0 Å². The van der Waals surface area contributed by atoms with E-state index in [1.807, 2.05) is 25.5 Å². The van der Waals surface area contributed by atoms with Crippen LogP contribution in [0.5, 0.6) is 0 Å². The summed E-state index contributed by atoms with van der Waals surface area (Å²) in [7, 11) is 1.92. The van der Waals surface area contributed by atoms with Crippen LogP contribution in [-0.4, -0.2) is 16.0 Å². The summed E-state index contributed by atoms with van der Waals surface area (Å²) in [5.41, 5.74) is 4.58. The molecule has 0 unspecified atom stereocenters. The van der Waals surface area contributed by atoms with Gasteiger partial charge in [0.15, 0.2) is 0 Å². The van der Waals surface area contributed by atoms with Gasteiger partial charge in [0.1, 0.15) is 5.69 Å². The van der Waals surface area contributed by atoms with Crippen molar-refractivity contribution in [3.05, 3.63) is 47.3 Å². The van der Waals surface area contributed by atoms with E-state index in [1.54, 1.807) is 4.68 Å². The highest BCUT2D eigenvalue weighted by Crippen LogP contribution is 2.34. The summed E-state index contributed by atoms with van der Waals surface area (Å²) < 4.78 is 1.79. The quantitative estimate of drug-likeness (QED) is 0.756. The minimum absolute atomic E-state index is 0.463. The zero-order valence-corrected chi connectivity index (χ0v) is 13.0. The third-order valence-electron chi connectivity index (χ3n) is 3.40. The van der Waals surface area contributed by atoms with Crippen molar-refractivity contribution >= 4 is 11.9 Å². The number of nitrogens with zero attached hydrogens (tertiary/aromatic N) is 3. The van der Waals surface area contributed by atoms with E-state index in [0.29, 0.717) is 11.8 Å². The molecule has 3 heteroatoms. The van der Waals surface area contributed by atoms with Crippen molar-refractivity contribution in [3.8, 4) is 0 Å². The number of aryl methyl sites for hydroxylation is 1. The van der Waals surface area contributed by atoms with Gasteiger partial charge in [0.25, 0.3) is 0 Å². The summed E-state index contributed by atoms with van der Waals surface area (Å²) >= 11 is 0. The number of benzene rings is 1. The molecule has 2 rings (SSSR count). The van der Waals surface area contributed by atoms with Gasteiger partial charge in [-0.1, -0.05) is 45.9 Å². The molecule has 0 bridgehead atoms. The van der Waals surface area contributed by atoms with Gasteiger partial charge in [-0.25, -0.2) is 0 Å². The predicted molar refractivity (Wildman–Crippen MR) is 85.1 cm³/mol. The van der Waals surface area contributed by atoms with Gasteiger partial charge in [0.2, 0.25) is 0 Å². The molecule has 3 nitrogen and oxygen atoms in total. The first-order valence-corrected chi connectivity index (χ1v) is 7.15. The van der Waals surface area contributed by atoms with Crippen molar-refractivity contribution in [2.75, 3.05) is 0 Å². The molecule has 0 atom stereocenters. The molecule has 0 radical (unpaired) electrons. The largest absolute Gasteiger partial charge is 0.275 e. The minimum atomic E-state index is 0.463. The van der Waals surface area contributed by atoms with Gasteiger partial charge in [0, 0.05) is 13.2 Å². The molecule has 106 valence electrons. The highest BCUT2D eigenvalue weighted by Gasteiger charge is 2.12. The average molecular weight is 269 g/mol. The standard InChI is InChI=1S/C17H23N3/c1-12(2)15-7-6-8-16(13(3)4)17(15)18-11-14-9-10-20(5)19-14/h6-13H,1-5H3. The maximum absolute atomic E-state index is 4.73. The van der Waals surface area contributed by atoms with E-state index in [1.165, 1.54) is 11.1 Å². The number of aliphatic imine (C=N–C) groups is 1. The Balaban J connectivity index is 2.45. The van der Waals surface area contributed by atoms with Gasteiger partial charge in [-0.2, -0.15) is 5.10 Å². The van der Waals surface area contributed by atoms with Crippen LogP contribution in [0.4, 0.5) is 5.69 Å². The molecular weight excluding hydrogens is 246 g/mol. The monoisotopic (exact) mass is 269 g/mol. The number of hydrogen-bond acceptors (Lipinski definition) is 2. The van der Waals surface area contributed by atoms with Gasteiger partial charge >= 0.3 is 0 Å². The van der Waals surface area contributed by atoms with Crippen LogP contribution in [0, 0.1) is 0 Å².